The third kappa shape index (κ3) is 6.11. The first-order valence-corrected chi connectivity index (χ1v) is 8.26. The molecule has 1 N–H and O–H groups in total. The van der Waals surface area contributed by atoms with Crippen LogP contribution in [0.3, 0.4) is 0 Å². The Morgan fingerprint density at radius 1 is 1.20 bits per heavy atom. The molecule has 0 saturated heterocycles. The highest BCUT2D eigenvalue weighted by atomic mass is 16.5. The molecule has 0 heterocycles. The average molecular weight is 284 g/mol. The average Bonchev–Trinajstić information content (AvgIpc) is 3.14. The van der Waals surface area contributed by atoms with Gasteiger partial charge in [-0.2, -0.15) is 0 Å². The van der Waals surface area contributed by atoms with E-state index in [1.54, 1.807) is 7.11 Å². The predicted octanol–water partition coefficient (Wildman–Crippen LogP) is 3.15. The minimum Gasteiger partial charge on any atom is -0.383 e. The van der Waals surface area contributed by atoms with E-state index in [0.717, 1.165) is 25.6 Å². The van der Waals surface area contributed by atoms with Crippen LogP contribution in [0.5, 0.6) is 0 Å². The van der Waals surface area contributed by atoms with Gasteiger partial charge < -0.3 is 10.1 Å². The summed E-state index contributed by atoms with van der Waals surface area (Å²) in [6.07, 6.45) is 2.81. The highest BCUT2D eigenvalue weighted by Gasteiger charge is 2.36. The molecule has 3 heteroatoms. The van der Waals surface area contributed by atoms with Crippen molar-refractivity contribution in [3.63, 3.8) is 0 Å². The summed E-state index contributed by atoms with van der Waals surface area (Å²) in [4.78, 5) is 2.69. The topological polar surface area (TPSA) is 24.5 Å². The van der Waals surface area contributed by atoms with E-state index in [1.807, 2.05) is 0 Å². The Labute approximate surface area is 126 Å². The molecule has 1 rings (SSSR count). The molecule has 2 atom stereocenters. The van der Waals surface area contributed by atoms with Crippen molar-refractivity contribution in [2.45, 2.75) is 72.0 Å². The van der Waals surface area contributed by atoms with Gasteiger partial charge in [-0.15, -0.1) is 0 Å². The molecule has 0 spiro atoms. The van der Waals surface area contributed by atoms with E-state index in [1.165, 1.54) is 12.8 Å². The van der Waals surface area contributed by atoms with Crippen molar-refractivity contribution in [3.8, 4) is 0 Å². The number of nitrogens with one attached hydrogen (secondary N) is 1. The van der Waals surface area contributed by atoms with Crippen LogP contribution in [0.25, 0.3) is 0 Å². The van der Waals surface area contributed by atoms with Crippen LogP contribution in [0.2, 0.25) is 0 Å². The Morgan fingerprint density at radius 2 is 1.80 bits per heavy atom. The van der Waals surface area contributed by atoms with E-state index in [-0.39, 0.29) is 5.54 Å². The summed E-state index contributed by atoms with van der Waals surface area (Å²) in [6, 6.07) is 1.26. The minimum atomic E-state index is 0.183. The largest absolute Gasteiger partial charge is 0.383 e. The highest BCUT2D eigenvalue weighted by molar-refractivity contribution is 4.90. The molecule has 0 bridgehead atoms. The summed E-state index contributed by atoms with van der Waals surface area (Å²) < 4.78 is 5.34. The van der Waals surface area contributed by atoms with Crippen molar-refractivity contribution in [1.29, 1.82) is 0 Å². The zero-order valence-electron chi connectivity index (χ0n) is 14.7. The van der Waals surface area contributed by atoms with E-state index in [9.17, 15) is 0 Å². The standard InChI is InChI=1S/C17H36N2O/c1-13(2)16(12-18-17(4,5)6)19(10-11-20-7)14(3)15-8-9-15/h13-16,18H,8-12H2,1-7H3. The molecule has 0 aromatic rings. The molecule has 2 unspecified atom stereocenters. The molecule has 0 aliphatic heterocycles. The van der Waals surface area contributed by atoms with Gasteiger partial charge in [0.15, 0.2) is 0 Å². The maximum atomic E-state index is 5.34. The lowest BCUT2D eigenvalue weighted by Gasteiger charge is -2.40. The summed E-state index contributed by atoms with van der Waals surface area (Å²) in [5.74, 6) is 1.56. The Morgan fingerprint density at radius 3 is 2.20 bits per heavy atom. The van der Waals surface area contributed by atoms with Gasteiger partial charge in [0.1, 0.15) is 0 Å². The summed E-state index contributed by atoms with van der Waals surface area (Å²) in [5.41, 5.74) is 0.183. The molecule has 120 valence electrons. The molecule has 1 saturated carbocycles. The van der Waals surface area contributed by atoms with Crippen LogP contribution in [0.15, 0.2) is 0 Å². The van der Waals surface area contributed by atoms with E-state index >= 15 is 0 Å². The Hall–Kier alpha value is -0.120. The summed E-state index contributed by atoms with van der Waals surface area (Å²) in [5, 5.41) is 3.69. The van der Waals surface area contributed by atoms with Gasteiger partial charge in [-0.25, -0.2) is 0 Å². The molecular weight excluding hydrogens is 248 g/mol. The summed E-state index contributed by atoms with van der Waals surface area (Å²) in [6.45, 7) is 16.7. The second-order valence-electron chi connectivity index (χ2n) is 7.75. The van der Waals surface area contributed by atoms with E-state index < -0.39 is 0 Å². The van der Waals surface area contributed by atoms with Gasteiger partial charge in [-0.05, 0) is 52.4 Å². The number of rotatable bonds is 9. The van der Waals surface area contributed by atoms with Crippen molar-refractivity contribution in [2.75, 3.05) is 26.8 Å². The molecular formula is C17H36N2O. The molecule has 0 amide bonds. The van der Waals surface area contributed by atoms with E-state index in [0.29, 0.717) is 18.0 Å². The molecule has 1 aliphatic rings. The molecule has 0 aromatic carbocycles. The molecule has 20 heavy (non-hydrogen) atoms. The smallest absolute Gasteiger partial charge is 0.0589 e. The van der Waals surface area contributed by atoms with Crippen molar-refractivity contribution in [1.82, 2.24) is 10.2 Å². The van der Waals surface area contributed by atoms with Crippen molar-refractivity contribution >= 4 is 0 Å². The van der Waals surface area contributed by atoms with Crippen molar-refractivity contribution in [2.24, 2.45) is 11.8 Å². The van der Waals surface area contributed by atoms with Crippen LogP contribution in [0.1, 0.15) is 54.4 Å². The Kier molecular flexibility index (Phi) is 6.96. The van der Waals surface area contributed by atoms with Crippen LogP contribution in [0.4, 0.5) is 0 Å². The number of methoxy groups -OCH3 is 1. The Bertz CT molecular complexity index is 269. The number of hydrogen-bond acceptors (Lipinski definition) is 3. The van der Waals surface area contributed by atoms with E-state index in [4.69, 9.17) is 4.74 Å². The summed E-state index contributed by atoms with van der Waals surface area (Å²) in [7, 11) is 1.80. The molecule has 1 aliphatic carbocycles. The molecule has 0 aromatic heterocycles. The van der Waals surface area contributed by atoms with Crippen molar-refractivity contribution in [3.05, 3.63) is 0 Å². The monoisotopic (exact) mass is 284 g/mol. The molecule has 0 radical (unpaired) electrons. The number of nitrogens with zero attached hydrogens (tertiary/aromatic N) is 1. The predicted molar refractivity (Wildman–Crippen MR) is 87.1 cm³/mol. The van der Waals surface area contributed by atoms with Crippen LogP contribution >= 0.6 is 0 Å². The van der Waals surface area contributed by atoms with Gasteiger partial charge in [-0.1, -0.05) is 13.8 Å². The lowest BCUT2D eigenvalue weighted by atomic mass is 9.97. The second-order valence-corrected chi connectivity index (χ2v) is 7.75. The van der Waals surface area contributed by atoms with Gasteiger partial charge >= 0.3 is 0 Å². The van der Waals surface area contributed by atoms with Crippen molar-refractivity contribution < 1.29 is 4.74 Å². The second kappa shape index (κ2) is 7.77. The highest BCUT2D eigenvalue weighted by Crippen LogP contribution is 2.36. The number of hydrogen-bond donors (Lipinski definition) is 1. The number of ether oxygens (including phenoxy) is 1. The minimum absolute atomic E-state index is 0.183. The lowest BCUT2D eigenvalue weighted by molar-refractivity contribution is 0.0585. The molecule has 1 fully saturated rings. The van der Waals surface area contributed by atoms with Gasteiger partial charge in [-0.3, -0.25) is 4.90 Å². The first-order chi connectivity index (χ1) is 9.26. The SMILES string of the molecule is COCCN(C(C)C1CC1)C(CNC(C)(C)C)C(C)C. The lowest BCUT2D eigenvalue weighted by Crippen LogP contribution is -2.54. The maximum Gasteiger partial charge on any atom is 0.0589 e. The third-order valence-electron chi connectivity index (χ3n) is 4.42. The summed E-state index contributed by atoms with van der Waals surface area (Å²) >= 11 is 0. The van der Waals surface area contributed by atoms with Gasteiger partial charge in [0, 0.05) is 37.8 Å². The maximum absolute atomic E-state index is 5.34. The fourth-order valence-corrected chi connectivity index (χ4v) is 2.86. The fraction of sp³-hybridized carbons (Fsp3) is 1.00. The molecule has 3 nitrogen and oxygen atoms in total. The van der Waals surface area contributed by atoms with E-state index in [2.05, 4.69) is 51.8 Å². The Balaban J connectivity index is 2.69. The first-order valence-electron chi connectivity index (χ1n) is 8.26. The zero-order valence-corrected chi connectivity index (χ0v) is 14.7. The van der Waals surface area contributed by atoms with Gasteiger partial charge in [0.25, 0.3) is 0 Å². The van der Waals surface area contributed by atoms with Gasteiger partial charge in [0.05, 0.1) is 6.61 Å². The normalized spacial score (nSPS) is 19.6. The van der Waals surface area contributed by atoms with Crippen LogP contribution in [-0.2, 0) is 4.74 Å². The van der Waals surface area contributed by atoms with Crippen LogP contribution < -0.4 is 5.32 Å². The third-order valence-corrected chi connectivity index (χ3v) is 4.42. The fourth-order valence-electron chi connectivity index (χ4n) is 2.86. The van der Waals surface area contributed by atoms with Crippen LogP contribution in [-0.4, -0.2) is 49.3 Å². The van der Waals surface area contributed by atoms with Gasteiger partial charge in [0.2, 0.25) is 0 Å². The first kappa shape index (κ1) is 17.9. The zero-order chi connectivity index (χ0) is 15.3. The van der Waals surface area contributed by atoms with Crippen LogP contribution in [0, 0.1) is 11.8 Å². The quantitative estimate of drug-likeness (QED) is 0.704.